The molecule has 0 aromatic rings. The van der Waals surface area contributed by atoms with Crippen LogP contribution in [0.5, 0.6) is 0 Å². The van der Waals surface area contributed by atoms with E-state index in [1.165, 1.54) is 0 Å². The third-order valence-corrected chi connectivity index (χ3v) is 8.31. The smallest absolute Gasteiger partial charge is 0.155 e. The summed E-state index contributed by atoms with van der Waals surface area (Å²) in [4.78, 5) is 24.7. The van der Waals surface area contributed by atoms with Gasteiger partial charge in [-0.05, 0) is 61.5 Å². The van der Waals surface area contributed by atoms with Crippen molar-refractivity contribution in [1.29, 1.82) is 0 Å². The van der Waals surface area contributed by atoms with E-state index in [0.717, 1.165) is 31.3 Å². The summed E-state index contributed by atoms with van der Waals surface area (Å²) in [6, 6.07) is 0. The lowest BCUT2D eigenvalue weighted by molar-refractivity contribution is -0.131. The molecule has 1 saturated heterocycles. The quantitative estimate of drug-likeness (QED) is 0.604. The second-order valence-electron chi connectivity index (χ2n) is 8.34. The van der Waals surface area contributed by atoms with Crippen LogP contribution in [0.1, 0.15) is 48.1 Å². The molecule has 0 unspecified atom stereocenters. The molecular weight excluding hydrogens is 356 g/mol. The molecule has 3 nitrogen and oxygen atoms in total. The highest BCUT2D eigenvalue weighted by Gasteiger charge is 2.65. The molecule has 0 radical (unpaired) electrons. The number of alkyl halides is 1. The maximum absolute atomic E-state index is 12.8. The number of ether oxygens (including phenoxy) is 1. The average Bonchev–Trinajstić information content (AvgIpc) is 3.01. The Hall–Kier alpha value is -0.480. The molecule has 0 aromatic heterocycles. The number of rotatable bonds is 0. The normalized spacial score (nSPS) is 57.8. The van der Waals surface area contributed by atoms with Crippen LogP contribution in [-0.4, -0.2) is 29.1 Å². The Bertz CT molecular complexity index is 719. The van der Waals surface area contributed by atoms with E-state index >= 15 is 0 Å². The Morgan fingerprint density at radius 1 is 1.35 bits per heavy atom. The van der Waals surface area contributed by atoms with Crippen molar-refractivity contribution in [1.82, 2.24) is 0 Å². The lowest BCUT2D eigenvalue weighted by atomic mass is 9.47. The molecular formula is C19H23BrO3. The number of halogens is 1. The first-order valence-corrected chi connectivity index (χ1v) is 9.68. The van der Waals surface area contributed by atoms with Crippen LogP contribution < -0.4 is 0 Å². The second kappa shape index (κ2) is 4.57. The molecule has 1 heterocycles. The Balaban J connectivity index is 1.67. The van der Waals surface area contributed by atoms with Crippen LogP contribution in [0.3, 0.4) is 0 Å². The van der Waals surface area contributed by atoms with Gasteiger partial charge in [0.15, 0.2) is 11.6 Å². The second-order valence-corrected chi connectivity index (χ2v) is 9.45. The first-order chi connectivity index (χ1) is 11.7. The van der Waals surface area contributed by atoms with Crippen molar-refractivity contribution in [2.75, 3.05) is 6.61 Å². The highest BCUT2D eigenvalue weighted by Crippen LogP contribution is 2.67. The molecule has 124 valence electrons. The van der Waals surface area contributed by atoms with Crippen molar-refractivity contribution in [2.45, 2.75) is 56.3 Å². The summed E-state index contributed by atoms with van der Waals surface area (Å²) in [6.45, 7) is 2.58. The van der Waals surface area contributed by atoms with Gasteiger partial charge in [-0.3, -0.25) is 9.59 Å². The molecule has 0 aromatic carbocycles. The van der Waals surface area contributed by atoms with Crippen LogP contribution in [0.25, 0.3) is 0 Å². The van der Waals surface area contributed by atoms with Crippen LogP contribution >= 0.6 is 15.9 Å². The van der Waals surface area contributed by atoms with E-state index in [4.69, 9.17) is 7.48 Å². The third-order valence-electron chi connectivity index (χ3n) is 7.52. The zero-order chi connectivity index (χ0) is 17.8. The van der Waals surface area contributed by atoms with Crippen LogP contribution in [0, 0.1) is 28.6 Å². The summed E-state index contributed by atoms with van der Waals surface area (Å²) in [6.07, 6.45) is 3.25. The Morgan fingerprint density at radius 2 is 2.17 bits per heavy atom. The highest BCUT2D eigenvalue weighted by atomic mass is 79.9. The van der Waals surface area contributed by atoms with E-state index in [1.54, 1.807) is 6.08 Å². The molecule has 0 N–H and O–H groups in total. The SMILES string of the molecule is [2H]C1([2H])[C@@H]2[C@H](CC[C@]3(C)C(=O)[C@H](Br)C[C@@H]23)[C@@]23CCC(=O)C=C2[C@@H]1OC3. The molecule has 0 amide bonds. The van der Waals surface area contributed by atoms with E-state index in [-0.39, 0.29) is 39.6 Å². The largest absolute Gasteiger partial charge is 0.373 e. The van der Waals surface area contributed by atoms with E-state index in [2.05, 4.69) is 15.9 Å². The number of carbonyl (C=O) groups is 2. The average molecular weight is 381 g/mol. The van der Waals surface area contributed by atoms with Gasteiger partial charge in [-0.1, -0.05) is 22.9 Å². The van der Waals surface area contributed by atoms with Gasteiger partial charge in [0.1, 0.15) is 0 Å². The van der Waals surface area contributed by atoms with Crippen LogP contribution in [0.4, 0.5) is 0 Å². The van der Waals surface area contributed by atoms with Gasteiger partial charge < -0.3 is 4.74 Å². The van der Waals surface area contributed by atoms with Crippen molar-refractivity contribution < 1.29 is 17.1 Å². The van der Waals surface area contributed by atoms with Crippen LogP contribution in [-0.2, 0) is 14.3 Å². The molecule has 2 bridgehead atoms. The fourth-order valence-corrected chi connectivity index (χ4v) is 7.19. The summed E-state index contributed by atoms with van der Waals surface area (Å²) in [5.41, 5.74) is 0.312. The Labute approximate surface area is 148 Å². The molecule has 4 aliphatic carbocycles. The van der Waals surface area contributed by atoms with Crippen molar-refractivity contribution in [3.63, 3.8) is 0 Å². The number of hydrogen-bond acceptors (Lipinski definition) is 3. The van der Waals surface area contributed by atoms with E-state index in [0.29, 0.717) is 13.0 Å². The Morgan fingerprint density at radius 3 is 3.00 bits per heavy atom. The number of ketones is 2. The fraction of sp³-hybridized carbons (Fsp3) is 0.789. The topological polar surface area (TPSA) is 43.4 Å². The highest BCUT2D eigenvalue weighted by molar-refractivity contribution is 9.10. The number of carbonyl (C=O) groups excluding carboxylic acids is 2. The minimum atomic E-state index is -1.53. The maximum Gasteiger partial charge on any atom is 0.155 e. The predicted molar refractivity (Wildman–Crippen MR) is 89.3 cm³/mol. The Kier molecular flexibility index (Phi) is 2.55. The number of hydrogen-bond donors (Lipinski definition) is 0. The van der Waals surface area contributed by atoms with E-state index < -0.39 is 17.9 Å². The number of fused-ring (bicyclic) bond motifs is 3. The maximum atomic E-state index is 12.8. The van der Waals surface area contributed by atoms with Gasteiger partial charge in [0.25, 0.3) is 0 Å². The molecule has 3 saturated carbocycles. The van der Waals surface area contributed by atoms with E-state index in [9.17, 15) is 9.59 Å². The van der Waals surface area contributed by atoms with Crippen molar-refractivity contribution in [2.24, 2.45) is 28.6 Å². The van der Waals surface area contributed by atoms with Crippen molar-refractivity contribution >= 4 is 27.5 Å². The minimum Gasteiger partial charge on any atom is -0.373 e. The van der Waals surface area contributed by atoms with Gasteiger partial charge in [0.05, 0.1) is 17.5 Å². The van der Waals surface area contributed by atoms with Crippen LogP contribution in [0.2, 0.25) is 0 Å². The summed E-state index contributed by atoms with van der Waals surface area (Å²) < 4.78 is 23.9. The standard InChI is InChI=1S/C19H23BrO3/c1-18-4-3-12-11(13(18)8-15(20)17(18)22)7-16-14-6-10(21)2-5-19(12,14)9-23-16/h6,11-13,15-16H,2-5,7-9H2,1H3/t11-,12+,13+,15-,16-,18+,19+/m1/s1/i7D2. The molecule has 4 heteroatoms. The van der Waals surface area contributed by atoms with Gasteiger partial charge in [0, 0.05) is 20.0 Å². The minimum absolute atomic E-state index is 0.0541. The predicted octanol–water partition coefficient (Wildman–Crippen LogP) is 3.45. The molecule has 1 aliphatic heterocycles. The first kappa shape index (κ1) is 12.8. The molecule has 4 fully saturated rings. The monoisotopic (exact) mass is 380 g/mol. The third kappa shape index (κ3) is 1.70. The molecule has 23 heavy (non-hydrogen) atoms. The van der Waals surface area contributed by atoms with E-state index in [1.807, 2.05) is 6.92 Å². The van der Waals surface area contributed by atoms with Crippen molar-refractivity contribution in [3.05, 3.63) is 11.6 Å². The molecule has 0 spiro atoms. The van der Waals surface area contributed by atoms with Gasteiger partial charge in [-0.15, -0.1) is 0 Å². The summed E-state index contributed by atoms with van der Waals surface area (Å²) in [5.74, 6) is 0.406. The molecule has 5 aliphatic rings. The summed E-state index contributed by atoms with van der Waals surface area (Å²) in [7, 11) is 0. The van der Waals surface area contributed by atoms with Gasteiger partial charge in [-0.25, -0.2) is 0 Å². The molecule has 7 atom stereocenters. The summed E-state index contributed by atoms with van der Waals surface area (Å²) in [5, 5.41) is 0. The van der Waals surface area contributed by atoms with Gasteiger partial charge >= 0.3 is 0 Å². The summed E-state index contributed by atoms with van der Waals surface area (Å²) >= 11 is 3.54. The first-order valence-electron chi connectivity index (χ1n) is 9.77. The molecule has 5 rings (SSSR count). The van der Waals surface area contributed by atoms with Crippen molar-refractivity contribution in [3.8, 4) is 0 Å². The lowest BCUT2D eigenvalue weighted by Crippen LogP contribution is -2.52. The van der Waals surface area contributed by atoms with Gasteiger partial charge in [0.2, 0.25) is 0 Å². The van der Waals surface area contributed by atoms with Crippen LogP contribution in [0.15, 0.2) is 11.6 Å². The number of Topliss-reactive ketones (excluding diaryl/α,β-unsaturated/α-hetero) is 1. The van der Waals surface area contributed by atoms with Gasteiger partial charge in [-0.2, -0.15) is 0 Å². The zero-order valence-corrected chi connectivity index (χ0v) is 14.9. The lowest BCUT2D eigenvalue weighted by Gasteiger charge is -2.55. The fourth-order valence-electron chi connectivity index (χ4n) is 6.26. The zero-order valence-electron chi connectivity index (χ0n) is 15.3.